The second kappa shape index (κ2) is 5.02. The fraction of sp³-hybridized carbons (Fsp3) is 0.500. The summed E-state index contributed by atoms with van der Waals surface area (Å²) in [5.74, 6) is -0.282. The van der Waals surface area contributed by atoms with Gasteiger partial charge in [-0.3, -0.25) is 0 Å². The van der Waals surface area contributed by atoms with E-state index in [1.54, 1.807) is 6.07 Å². The summed E-state index contributed by atoms with van der Waals surface area (Å²) in [7, 11) is 0. The van der Waals surface area contributed by atoms with Crippen LogP contribution in [0.4, 0.5) is 10.1 Å². The molecule has 1 N–H and O–H groups in total. The average molecular weight is 243 g/mol. The average Bonchev–Trinajstić information content (AvgIpc) is 2.29. The van der Waals surface area contributed by atoms with E-state index in [9.17, 15) is 4.39 Å². The van der Waals surface area contributed by atoms with Gasteiger partial charge in [-0.1, -0.05) is 18.5 Å². The van der Waals surface area contributed by atoms with Gasteiger partial charge >= 0.3 is 0 Å². The first-order chi connectivity index (χ1) is 7.70. The predicted molar refractivity (Wildman–Crippen MR) is 65.7 cm³/mol. The number of piperazine rings is 1. The Labute approximate surface area is 100 Å². The molecule has 2 rings (SSSR count). The Hall–Kier alpha value is -0.800. The molecule has 1 aromatic rings. The molecule has 4 heteroatoms. The largest absolute Gasteiger partial charge is 0.367 e. The Morgan fingerprint density at radius 1 is 1.56 bits per heavy atom. The van der Waals surface area contributed by atoms with Gasteiger partial charge in [0.15, 0.2) is 0 Å². The van der Waals surface area contributed by atoms with Gasteiger partial charge in [-0.15, -0.1) is 0 Å². The standard InChI is InChI=1S/C12H16ClFN2/c1-2-10-8-16(6-5-15-10)12-4-3-9(14)7-11(12)13/h3-4,7,10,15H,2,5-6,8H2,1H3. The van der Waals surface area contributed by atoms with Crippen molar-refractivity contribution < 1.29 is 4.39 Å². The summed E-state index contributed by atoms with van der Waals surface area (Å²) >= 11 is 6.05. The first kappa shape index (κ1) is 11.7. The van der Waals surface area contributed by atoms with Crippen molar-refractivity contribution in [2.45, 2.75) is 19.4 Å². The lowest BCUT2D eigenvalue weighted by molar-refractivity contribution is 0.447. The van der Waals surface area contributed by atoms with E-state index in [1.807, 2.05) is 0 Å². The molecule has 0 radical (unpaired) electrons. The van der Waals surface area contributed by atoms with Crippen molar-refractivity contribution in [3.8, 4) is 0 Å². The third-order valence-corrected chi connectivity index (χ3v) is 3.30. The van der Waals surface area contributed by atoms with Crippen LogP contribution in [0.25, 0.3) is 0 Å². The fourth-order valence-electron chi connectivity index (χ4n) is 2.06. The smallest absolute Gasteiger partial charge is 0.124 e. The number of benzene rings is 1. The third kappa shape index (κ3) is 2.47. The van der Waals surface area contributed by atoms with Gasteiger partial charge in [0.25, 0.3) is 0 Å². The van der Waals surface area contributed by atoms with Crippen LogP contribution < -0.4 is 10.2 Å². The van der Waals surface area contributed by atoms with Crippen molar-refractivity contribution in [2.24, 2.45) is 0 Å². The molecule has 0 bridgehead atoms. The monoisotopic (exact) mass is 242 g/mol. The zero-order valence-electron chi connectivity index (χ0n) is 9.34. The normalized spacial score (nSPS) is 21.2. The molecular weight excluding hydrogens is 227 g/mol. The molecule has 0 amide bonds. The second-order valence-electron chi connectivity index (χ2n) is 4.10. The van der Waals surface area contributed by atoms with E-state index in [0.717, 1.165) is 31.7 Å². The van der Waals surface area contributed by atoms with Gasteiger partial charge in [-0.05, 0) is 24.6 Å². The van der Waals surface area contributed by atoms with Crippen molar-refractivity contribution in [1.29, 1.82) is 0 Å². The van der Waals surface area contributed by atoms with E-state index < -0.39 is 0 Å². The number of rotatable bonds is 2. The number of nitrogens with one attached hydrogen (secondary N) is 1. The van der Waals surface area contributed by atoms with Crippen LogP contribution in [0.15, 0.2) is 18.2 Å². The maximum Gasteiger partial charge on any atom is 0.124 e. The molecular formula is C12H16ClFN2. The number of hydrogen-bond acceptors (Lipinski definition) is 2. The Morgan fingerprint density at radius 2 is 2.38 bits per heavy atom. The molecule has 1 saturated heterocycles. The third-order valence-electron chi connectivity index (χ3n) is 3.00. The molecule has 2 nitrogen and oxygen atoms in total. The fourth-order valence-corrected chi connectivity index (χ4v) is 2.34. The highest BCUT2D eigenvalue weighted by Crippen LogP contribution is 2.27. The maximum absolute atomic E-state index is 12.9. The molecule has 0 saturated carbocycles. The summed E-state index contributed by atoms with van der Waals surface area (Å²) in [5.41, 5.74) is 0.933. The van der Waals surface area contributed by atoms with Gasteiger partial charge in [0, 0.05) is 25.7 Å². The lowest BCUT2D eigenvalue weighted by atomic mass is 10.1. The Kier molecular flexibility index (Phi) is 3.66. The topological polar surface area (TPSA) is 15.3 Å². The van der Waals surface area contributed by atoms with E-state index in [2.05, 4.69) is 17.1 Å². The van der Waals surface area contributed by atoms with E-state index in [1.165, 1.54) is 12.1 Å². The van der Waals surface area contributed by atoms with Crippen LogP contribution in [0.1, 0.15) is 13.3 Å². The van der Waals surface area contributed by atoms with Crippen LogP contribution in [0.3, 0.4) is 0 Å². The molecule has 0 spiro atoms. The zero-order chi connectivity index (χ0) is 11.5. The SMILES string of the molecule is CCC1CN(c2ccc(F)cc2Cl)CCN1. The summed E-state index contributed by atoms with van der Waals surface area (Å²) in [6, 6.07) is 5.09. The quantitative estimate of drug-likeness (QED) is 0.858. The van der Waals surface area contributed by atoms with Crippen LogP contribution in [0, 0.1) is 5.82 Å². The first-order valence-corrected chi connectivity index (χ1v) is 6.02. The van der Waals surface area contributed by atoms with Crippen LogP contribution in [-0.4, -0.2) is 25.7 Å². The van der Waals surface area contributed by atoms with Crippen LogP contribution >= 0.6 is 11.6 Å². The molecule has 88 valence electrons. The first-order valence-electron chi connectivity index (χ1n) is 5.64. The summed E-state index contributed by atoms with van der Waals surface area (Å²) in [6.07, 6.45) is 1.09. The van der Waals surface area contributed by atoms with Crippen LogP contribution in [-0.2, 0) is 0 Å². The van der Waals surface area contributed by atoms with E-state index in [-0.39, 0.29) is 5.82 Å². The minimum absolute atomic E-state index is 0.282. The summed E-state index contributed by atoms with van der Waals surface area (Å²) in [4.78, 5) is 2.21. The van der Waals surface area contributed by atoms with Crippen molar-refractivity contribution in [1.82, 2.24) is 5.32 Å². The van der Waals surface area contributed by atoms with Gasteiger partial charge in [0.2, 0.25) is 0 Å². The van der Waals surface area contributed by atoms with E-state index in [0.29, 0.717) is 11.1 Å². The number of anilines is 1. The predicted octanol–water partition coefficient (Wildman–Crippen LogP) is 2.67. The molecule has 0 aliphatic carbocycles. The zero-order valence-corrected chi connectivity index (χ0v) is 10.1. The molecule has 1 aliphatic heterocycles. The molecule has 1 aromatic carbocycles. The molecule has 0 aromatic heterocycles. The molecule has 1 heterocycles. The van der Waals surface area contributed by atoms with Gasteiger partial charge < -0.3 is 10.2 Å². The Bertz CT molecular complexity index is 370. The molecule has 1 aliphatic rings. The van der Waals surface area contributed by atoms with E-state index >= 15 is 0 Å². The van der Waals surface area contributed by atoms with Gasteiger partial charge in [0.05, 0.1) is 10.7 Å². The molecule has 1 atom stereocenters. The van der Waals surface area contributed by atoms with Gasteiger partial charge in [0.1, 0.15) is 5.82 Å². The minimum Gasteiger partial charge on any atom is -0.367 e. The second-order valence-corrected chi connectivity index (χ2v) is 4.51. The molecule has 1 unspecified atom stereocenters. The van der Waals surface area contributed by atoms with Crippen molar-refractivity contribution in [3.05, 3.63) is 29.0 Å². The lowest BCUT2D eigenvalue weighted by Gasteiger charge is -2.35. The summed E-state index contributed by atoms with van der Waals surface area (Å²) in [6.45, 7) is 4.96. The van der Waals surface area contributed by atoms with E-state index in [4.69, 9.17) is 11.6 Å². The highest BCUT2D eigenvalue weighted by Gasteiger charge is 2.19. The van der Waals surface area contributed by atoms with Crippen molar-refractivity contribution in [3.63, 3.8) is 0 Å². The summed E-state index contributed by atoms with van der Waals surface area (Å²) in [5, 5.41) is 3.94. The van der Waals surface area contributed by atoms with Crippen LogP contribution in [0.2, 0.25) is 5.02 Å². The Morgan fingerprint density at radius 3 is 3.06 bits per heavy atom. The number of nitrogens with zero attached hydrogens (tertiary/aromatic N) is 1. The summed E-state index contributed by atoms with van der Waals surface area (Å²) < 4.78 is 12.9. The Balaban J connectivity index is 2.16. The van der Waals surface area contributed by atoms with Gasteiger partial charge in [-0.2, -0.15) is 0 Å². The van der Waals surface area contributed by atoms with Gasteiger partial charge in [-0.25, -0.2) is 4.39 Å². The van der Waals surface area contributed by atoms with Crippen molar-refractivity contribution in [2.75, 3.05) is 24.5 Å². The maximum atomic E-state index is 12.9. The molecule has 16 heavy (non-hydrogen) atoms. The number of halogens is 2. The molecule has 1 fully saturated rings. The van der Waals surface area contributed by atoms with Crippen molar-refractivity contribution >= 4 is 17.3 Å². The highest BCUT2D eigenvalue weighted by molar-refractivity contribution is 6.33. The minimum atomic E-state index is -0.282. The lowest BCUT2D eigenvalue weighted by Crippen LogP contribution is -2.50. The number of hydrogen-bond donors (Lipinski definition) is 1. The highest BCUT2D eigenvalue weighted by atomic mass is 35.5. The van der Waals surface area contributed by atoms with Crippen LogP contribution in [0.5, 0.6) is 0 Å².